The second-order valence-electron chi connectivity index (χ2n) is 3.34. The monoisotopic (exact) mass is 320 g/mol. The van der Waals surface area contributed by atoms with Gasteiger partial charge in [0.2, 0.25) is 0 Å². The Hall–Kier alpha value is -0.630. The minimum atomic E-state index is -4.90. The van der Waals surface area contributed by atoms with E-state index >= 15 is 0 Å². The molecule has 0 saturated heterocycles. The maximum Gasteiger partial charge on any atom is 0.471 e. The van der Waals surface area contributed by atoms with Gasteiger partial charge in [0, 0.05) is 6.54 Å². The predicted octanol–water partition coefficient (Wildman–Crippen LogP) is 2.72. The molecule has 0 saturated carbocycles. The maximum absolute atomic E-state index is 12.0. The molecule has 0 fully saturated rings. The van der Waals surface area contributed by atoms with Gasteiger partial charge in [-0.1, -0.05) is 0 Å². The lowest BCUT2D eigenvalue weighted by Crippen LogP contribution is -2.38. The summed E-state index contributed by atoms with van der Waals surface area (Å²) in [6.45, 7) is 5.72. The quantitative estimate of drug-likeness (QED) is 0.524. The van der Waals surface area contributed by atoms with Crippen LogP contribution in [0.2, 0.25) is 0 Å². The van der Waals surface area contributed by atoms with Gasteiger partial charge in [-0.15, -0.1) is 0 Å². The number of alkyl halides is 3. The zero-order valence-electron chi connectivity index (χ0n) is 11.7. The predicted molar refractivity (Wildman–Crippen MR) is 68.2 cm³/mol. The minimum absolute atomic E-state index is 0.0877. The van der Waals surface area contributed by atoms with Gasteiger partial charge < -0.3 is 18.9 Å². The Balaban J connectivity index is 4.57. The van der Waals surface area contributed by atoms with Gasteiger partial charge in [0.25, 0.3) is 0 Å². The van der Waals surface area contributed by atoms with Gasteiger partial charge in [-0.25, -0.2) is 4.74 Å². The van der Waals surface area contributed by atoms with Crippen LogP contribution >= 0.6 is 7.74 Å². The zero-order valence-corrected chi connectivity index (χ0v) is 12.6. The molecule has 0 atom stereocenters. The van der Waals surface area contributed by atoms with Crippen molar-refractivity contribution < 1.29 is 31.5 Å². The van der Waals surface area contributed by atoms with Gasteiger partial charge in [-0.05, 0) is 20.8 Å². The van der Waals surface area contributed by atoms with E-state index in [-0.39, 0.29) is 13.1 Å². The van der Waals surface area contributed by atoms with Crippen molar-refractivity contribution in [1.29, 1.82) is 0 Å². The highest BCUT2D eigenvalue weighted by atomic mass is 31.2. The van der Waals surface area contributed by atoms with Gasteiger partial charge in [0.15, 0.2) is 0 Å². The number of hydrogen-bond acceptors (Lipinski definition) is 5. The number of carbonyl (C=O) groups excluding carboxylic acids is 1. The summed E-state index contributed by atoms with van der Waals surface area (Å²) in [5.41, 5.74) is 0. The van der Waals surface area contributed by atoms with Crippen molar-refractivity contribution in [2.75, 3.05) is 32.9 Å². The van der Waals surface area contributed by atoms with Crippen LogP contribution in [0, 0.1) is 0 Å². The molecule has 6 nitrogen and oxygen atoms in total. The number of rotatable bonds is 9. The molecule has 0 aliphatic carbocycles. The molecule has 20 heavy (non-hydrogen) atoms. The Bertz CT molecular complexity index is 326. The third-order valence-electron chi connectivity index (χ3n) is 1.80. The van der Waals surface area contributed by atoms with Crippen molar-refractivity contribution in [3.05, 3.63) is 0 Å². The van der Waals surface area contributed by atoms with E-state index in [9.17, 15) is 18.0 Å². The first-order valence-corrected chi connectivity index (χ1v) is 7.67. The molecule has 0 spiro atoms. The lowest BCUT2D eigenvalue weighted by atomic mass is 10.5. The summed E-state index contributed by atoms with van der Waals surface area (Å²) in [7, 11) is -2.90. The van der Waals surface area contributed by atoms with E-state index in [1.54, 1.807) is 26.1 Å². The molecule has 120 valence electrons. The minimum Gasteiger partial charge on any atom is -0.346 e. The van der Waals surface area contributed by atoms with E-state index in [0.29, 0.717) is 19.8 Å². The number of amides is 1. The fourth-order valence-corrected chi connectivity index (χ4v) is 2.96. The molecule has 0 bridgehead atoms. The second-order valence-corrected chi connectivity index (χ2v) is 5.34. The zero-order chi connectivity index (χ0) is 15.6. The molecule has 1 N–H and O–H groups in total. The Morgan fingerprint density at radius 3 is 1.90 bits per heavy atom. The standard InChI is InChI=1S/C10H20F3N2O4P/c1-4-17-20(18-5-2,19-6-3)15-8-7-14-9(16)10(11,12)13/h4-8H2,1-3H3,(H,14,16). The molecule has 10 heteroatoms. The van der Waals surface area contributed by atoms with E-state index in [0.717, 1.165) is 0 Å². The molecule has 0 aliphatic heterocycles. The van der Waals surface area contributed by atoms with Crippen molar-refractivity contribution in [1.82, 2.24) is 5.32 Å². The summed E-state index contributed by atoms with van der Waals surface area (Å²) in [5, 5.41) is 1.71. The number of carbonyl (C=O) groups is 1. The number of halogens is 3. The van der Waals surface area contributed by atoms with Crippen LogP contribution in [0.5, 0.6) is 0 Å². The van der Waals surface area contributed by atoms with Crippen LogP contribution in [0.1, 0.15) is 20.8 Å². The maximum atomic E-state index is 12.0. The fourth-order valence-electron chi connectivity index (χ4n) is 1.17. The van der Waals surface area contributed by atoms with E-state index in [1.807, 2.05) is 0 Å². The molecule has 0 radical (unpaired) electrons. The second kappa shape index (κ2) is 9.33. The lowest BCUT2D eigenvalue weighted by Gasteiger charge is -2.22. The van der Waals surface area contributed by atoms with E-state index in [4.69, 9.17) is 13.6 Å². The first-order valence-electron chi connectivity index (χ1n) is 6.18. The normalized spacial score (nSPS) is 12.3. The van der Waals surface area contributed by atoms with Gasteiger partial charge in [0.05, 0.1) is 26.4 Å². The van der Waals surface area contributed by atoms with Gasteiger partial charge in [-0.2, -0.15) is 13.2 Å². The van der Waals surface area contributed by atoms with Crippen LogP contribution in [0.3, 0.4) is 0 Å². The number of hydrogen-bond donors (Lipinski definition) is 1. The first-order chi connectivity index (χ1) is 9.31. The molecule has 1 amide bonds. The van der Waals surface area contributed by atoms with E-state index in [2.05, 4.69) is 4.74 Å². The Morgan fingerprint density at radius 1 is 1.10 bits per heavy atom. The summed E-state index contributed by atoms with van der Waals surface area (Å²) in [6, 6.07) is 0. The van der Waals surface area contributed by atoms with Gasteiger partial charge in [0.1, 0.15) is 0 Å². The molecule has 0 aromatic heterocycles. The SMILES string of the molecule is CCOP(=NCCNC(=O)C(F)(F)F)(OCC)OCC. The summed E-state index contributed by atoms with van der Waals surface area (Å²) >= 11 is 0. The highest BCUT2D eigenvalue weighted by Crippen LogP contribution is 2.52. The highest BCUT2D eigenvalue weighted by Gasteiger charge is 2.38. The lowest BCUT2D eigenvalue weighted by molar-refractivity contribution is -0.173. The molecule has 0 aromatic carbocycles. The van der Waals surface area contributed by atoms with Crippen molar-refractivity contribution >= 4 is 13.6 Å². The Kier molecular flexibility index (Phi) is 9.04. The van der Waals surface area contributed by atoms with Crippen LogP contribution in [0.4, 0.5) is 13.2 Å². The molecule has 0 rings (SSSR count). The van der Waals surface area contributed by atoms with Crippen LogP contribution in [0.25, 0.3) is 0 Å². The van der Waals surface area contributed by atoms with Gasteiger partial charge in [-0.3, -0.25) is 4.79 Å². The van der Waals surface area contributed by atoms with Crippen LogP contribution in [0.15, 0.2) is 4.74 Å². The topological polar surface area (TPSA) is 69.2 Å². The first kappa shape index (κ1) is 19.4. The third kappa shape index (κ3) is 7.23. The molecular formula is C10H20F3N2O4P. The van der Waals surface area contributed by atoms with Crippen LogP contribution in [-0.2, 0) is 18.4 Å². The van der Waals surface area contributed by atoms with Gasteiger partial charge >= 0.3 is 19.8 Å². The smallest absolute Gasteiger partial charge is 0.346 e. The number of nitrogens with zero attached hydrogens (tertiary/aromatic N) is 1. The summed E-state index contributed by atoms with van der Waals surface area (Å²) in [5.74, 6) is -2.00. The highest BCUT2D eigenvalue weighted by molar-refractivity contribution is 7.51. The molecule has 0 unspecified atom stereocenters. The average Bonchev–Trinajstić information content (AvgIpc) is 2.34. The summed E-state index contributed by atoms with van der Waals surface area (Å²) < 4.78 is 56.0. The van der Waals surface area contributed by atoms with Crippen LogP contribution < -0.4 is 5.32 Å². The number of nitrogens with one attached hydrogen (secondary N) is 1. The van der Waals surface area contributed by atoms with Crippen molar-refractivity contribution in [3.8, 4) is 0 Å². The molecule has 0 heterocycles. The Labute approximate surface area is 116 Å². The van der Waals surface area contributed by atoms with E-state index < -0.39 is 19.8 Å². The van der Waals surface area contributed by atoms with Crippen molar-refractivity contribution in [2.45, 2.75) is 26.9 Å². The fraction of sp³-hybridized carbons (Fsp3) is 0.900. The van der Waals surface area contributed by atoms with Crippen molar-refractivity contribution in [3.63, 3.8) is 0 Å². The third-order valence-corrected chi connectivity index (χ3v) is 4.10. The molecule has 0 aromatic rings. The Morgan fingerprint density at radius 2 is 1.55 bits per heavy atom. The largest absolute Gasteiger partial charge is 0.471 e. The average molecular weight is 320 g/mol. The summed E-state index contributed by atoms with van der Waals surface area (Å²) in [4.78, 5) is 10.6. The van der Waals surface area contributed by atoms with E-state index in [1.165, 1.54) is 0 Å². The summed E-state index contributed by atoms with van der Waals surface area (Å²) in [6.07, 6.45) is -4.90. The van der Waals surface area contributed by atoms with Crippen molar-refractivity contribution in [2.24, 2.45) is 4.74 Å². The molecular weight excluding hydrogens is 300 g/mol. The molecule has 0 aliphatic rings. The van der Waals surface area contributed by atoms with Crippen LogP contribution in [-0.4, -0.2) is 45.0 Å².